The fourth-order valence-corrected chi connectivity index (χ4v) is 2.91. The van der Waals surface area contributed by atoms with E-state index >= 15 is 0 Å². The molecule has 5 nitrogen and oxygen atoms in total. The zero-order valence-corrected chi connectivity index (χ0v) is 15.7. The number of fused-ring (bicyclic) bond motifs is 1. The predicted octanol–water partition coefficient (Wildman–Crippen LogP) is 4.12. The molecule has 0 saturated carbocycles. The highest BCUT2D eigenvalue weighted by Gasteiger charge is 2.13. The van der Waals surface area contributed by atoms with E-state index in [9.17, 15) is 0 Å². The Hall–Kier alpha value is -2.47. The number of rotatable bonds is 8. The van der Waals surface area contributed by atoms with Crippen molar-refractivity contribution in [1.29, 1.82) is 0 Å². The van der Waals surface area contributed by atoms with Gasteiger partial charge in [-0.2, -0.15) is 0 Å². The Morgan fingerprint density at radius 3 is 2.88 bits per heavy atom. The molecular formula is C20H24N2O3S. The molecule has 0 saturated heterocycles. The van der Waals surface area contributed by atoms with Crippen LogP contribution in [-0.2, 0) is 6.42 Å². The van der Waals surface area contributed by atoms with Gasteiger partial charge in [0, 0.05) is 18.3 Å². The Morgan fingerprint density at radius 2 is 2.00 bits per heavy atom. The quantitative estimate of drug-likeness (QED) is 0.537. The zero-order valence-electron chi connectivity index (χ0n) is 14.9. The largest absolute Gasteiger partial charge is 0.493 e. The Bertz CT molecular complexity index is 752. The van der Waals surface area contributed by atoms with Crippen LogP contribution < -0.4 is 24.8 Å². The summed E-state index contributed by atoms with van der Waals surface area (Å²) in [5, 5.41) is 7.01. The molecular weight excluding hydrogens is 348 g/mol. The molecule has 0 radical (unpaired) electrons. The lowest BCUT2D eigenvalue weighted by Gasteiger charge is -2.13. The fourth-order valence-electron chi connectivity index (χ4n) is 2.69. The van der Waals surface area contributed by atoms with Crippen molar-refractivity contribution in [2.45, 2.75) is 26.2 Å². The molecule has 1 heterocycles. The van der Waals surface area contributed by atoms with E-state index in [2.05, 4.69) is 23.6 Å². The van der Waals surface area contributed by atoms with Gasteiger partial charge in [0.2, 0.25) is 6.79 Å². The summed E-state index contributed by atoms with van der Waals surface area (Å²) in [6, 6.07) is 13.9. The summed E-state index contributed by atoms with van der Waals surface area (Å²) >= 11 is 5.36. The third-order valence-corrected chi connectivity index (χ3v) is 4.22. The van der Waals surface area contributed by atoms with Crippen LogP contribution in [0.1, 0.15) is 25.3 Å². The minimum absolute atomic E-state index is 0.269. The molecule has 0 spiro atoms. The maximum absolute atomic E-state index is 5.80. The minimum atomic E-state index is 0.269. The number of nitrogens with one attached hydrogen (secondary N) is 2. The van der Waals surface area contributed by atoms with Gasteiger partial charge in [0.15, 0.2) is 16.6 Å². The smallest absolute Gasteiger partial charge is 0.231 e. The van der Waals surface area contributed by atoms with Gasteiger partial charge in [-0.05, 0) is 55.2 Å². The molecule has 0 unspecified atom stereocenters. The van der Waals surface area contributed by atoms with Crippen LogP contribution in [0.15, 0.2) is 42.5 Å². The number of para-hydroxylation sites is 1. The number of aryl methyl sites for hydroxylation is 1. The van der Waals surface area contributed by atoms with Crippen LogP contribution in [0.2, 0.25) is 0 Å². The highest BCUT2D eigenvalue weighted by molar-refractivity contribution is 7.80. The lowest BCUT2D eigenvalue weighted by atomic mass is 10.1. The molecule has 0 fully saturated rings. The normalized spacial score (nSPS) is 11.9. The summed E-state index contributed by atoms with van der Waals surface area (Å²) in [6.07, 6.45) is 2.92. The number of ether oxygens (including phenoxy) is 3. The first-order chi connectivity index (χ1) is 12.8. The third-order valence-electron chi connectivity index (χ3n) is 3.97. The van der Waals surface area contributed by atoms with Gasteiger partial charge < -0.3 is 24.8 Å². The number of anilines is 1. The SMILES string of the molecule is CCCOc1ccccc1CCCNC(=S)Nc1ccc2c(c1)OCO2. The van der Waals surface area contributed by atoms with E-state index in [-0.39, 0.29) is 6.79 Å². The van der Waals surface area contributed by atoms with Gasteiger partial charge >= 0.3 is 0 Å². The molecule has 26 heavy (non-hydrogen) atoms. The molecule has 2 aromatic carbocycles. The van der Waals surface area contributed by atoms with Crippen LogP contribution in [0.5, 0.6) is 17.2 Å². The molecule has 6 heteroatoms. The van der Waals surface area contributed by atoms with Crippen molar-refractivity contribution in [1.82, 2.24) is 5.32 Å². The minimum Gasteiger partial charge on any atom is -0.493 e. The van der Waals surface area contributed by atoms with Crippen molar-refractivity contribution in [3.8, 4) is 17.2 Å². The second-order valence-electron chi connectivity index (χ2n) is 6.01. The molecule has 1 aliphatic heterocycles. The van der Waals surface area contributed by atoms with Crippen LogP contribution in [0.4, 0.5) is 5.69 Å². The molecule has 138 valence electrons. The summed E-state index contributed by atoms with van der Waals surface area (Å²) in [6.45, 7) is 3.92. The van der Waals surface area contributed by atoms with Gasteiger partial charge in [0.1, 0.15) is 5.75 Å². The van der Waals surface area contributed by atoms with Gasteiger partial charge in [-0.25, -0.2) is 0 Å². The second-order valence-corrected chi connectivity index (χ2v) is 6.42. The van der Waals surface area contributed by atoms with Gasteiger partial charge in [-0.1, -0.05) is 25.1 Å². The Balaban J connectivity index is 1.42. The van der Waals surface area contributed by atoms with Crippen LogP contribution >= 0.6 is 12.2 Å². The summed E-state index contributed by atoms with van der Waals surface area (Å²) in [4.78, 5) is 0. The van der Waals surface area contributed by atoms with Gasteiger partial charge in [-0.3, -0.25) is 0 Å². The van der Waals surface area contributed by atoms with Crippen molar-refractivity contribution in [2.24, 2.45) is 0 Å². The number of hydrogen-bond donors (Lipinski definition) is 2. The van der Waals surface area contributed by atoms with Gasteiger partial charge in [-0.15, -0.1) is 0 Å². The lowest BCUT2D eigenvalue weighted by molar-refractivity contribution is 0.174. The van der Waals surface area contributed by atoms with E-state index in [1.807, 2.05) is 36.4 Å². The molecule has 2 N–H and O–H groups in total. The Labute approximate surface area is 159 Å². The summed E-state index contributed by atoms with van der Waals surface area (Å²) in [5.74, 6) is 2.48. The second kappa shape index (κ2) is 9.29. The first-order valence-electron chi connectivity index (χ1n) is 8.91. The summed E-state index contributed by atoms with van der Waals surface area (Å²) in [5.41, 5.74) is 2.11. The summed E-state index contributed by atoms with van der Waals surface area (Å²) < 4.78 is 16.5. The Morgan fingerprint density at radius 1 is 1.15 bits per heavy atom. The highest BCUT2D eigenvalue weighted by Crippen LogP contribution is 2.34. The molecule has 3 rings (SSSR count). The van der Waals surface area contributed by atoms with E-state index < -0.39 is 0 Å². The number of hydrogen-bond acceptors (Lipinski definition) is 4. The molecule has 1 aliphatic rings. The topological polar surface area (TPSA) is 51.8 Å². The number of benzene rings is 2. The highest BCUT2D eigenvalue weighted by atomic mass is 32.1. The van der Waals surface area contributed by atoms with Crippen molar-refractivity contribution >= 4 is 23.0 Å². The van der Waals surface area contributed by atoms with E-state index in [4.69, 9.17) is 26.4 Å². The molecule has 0 atom stereocenters. The molecule has 0 amide bonds. The van der Waals surface area contributed by atoms with Crippen molar-refractivity contribution in [2.75, 3.05) is 25.3 Å². The maximum Gasteiger partial charge on any atom is 0.231 e. The van der Waals surface area contributed by atoms with E-state index in [1.165, 1.54) is 5.56 Å². The van der Waals surface area contributed by atoms with E-state index in [0.717, 1.165) is 55.4 Å². The van der Waals surface area contributed by atoms with E-state index in [1.54, 1.807) is 0 Å². The predicted molar refractivity (Wildman–Crippen MR) is 107 cm³/mol. The Kier molecular flexibility index (Phi) is 6.55. The van der Waals surface area contributed by atoms with Crippen LogP contribution in [0.25, 0.3) is 0 Å². The van der Waals surface area contributed by atoms with Crippen molar-refractivity contribution in [3.63, 3.8) is 0 Å². The average molecular weight is 372 g/mol. The zero-order chi connectivity index (χ0) is 18.2. The van der Waals surface area contributed by atoms with Gasteiger partial charge in [0.25, 0.3) is 0 Å². The molecule has 0 aliphatic carbocycles. The standard InChI is InChI=1S/C20H24N2O3S/c1-2-12-23-17-8-4-3-6-15(17)7-5-11-21-20(26)22-16-9-10-18-19(13-16)25-14-24-18/h3-4,6,8-10,13H,2,5,7,11-12,14H2,1H3,(H2,21,22,26). The lowest BCUT2D eigenvalue weighted by Crippen LogP contribution is -2.29. The van der Waals surface area contributed by atoms with Crippen molar-refractivity contribution < 1.29 is 14.2 Å². The van der Waals surface area contributed by atoms with Crippen molar-refractivity contribution in [3.05, 3.63) is 48.0 Å². The van der Waals surface area contributed by atoms with Crippen LogP contribution in [-0.4, -0.2) is 25.1 Å². The molecule has 2 aromatic rings. The van der Waals surface area contributed by atoms with Crippen LogP contribution in [0, 0.1) is 0 Å². The first kappa shape index (κ1) is 18.3. The number of thiocarbonyl (C=S) groups is 1. The van der Waals surface area contributed by atoms with E-state index in [0.29, 0.717) is 5.11 Å². The van der Waals surface area contributed by atoms with Gasteiger partial charge in [0.05, 0.1) is 6.61 Å². The monoisotopic (exact) mass is 372 g/mol. The average Bonchev–Trinajstić information content (AvgIpc) is 3.12. The first-order valence-corrected chi connectivity index (χ1v) is 9.32. The molecule has 0 bridgehead atoms. The fraction of sp³-hybridized carbons (Fsp3) is 0.350. The van der Waals surface area contributed by atoms with Crippen LogP contribution in [0.3, 0.4) is 0 Å². The summed E-state index contributed by atoms with van der Waals surface area (Å²) in [7, 11) is 0. The maximum atomic E-state index is 5.80. The molecule has 0 aromatic heterocycles. The third kappa shape index (κ3) is 5.02.